The number of carbonyl (C=O) groups is 2. The Morgan fingerprint density at radius 1 is 1.09 bits per heavy atom. The molecule has 2 amide bonds. The van der Waals surface area contributed by atoms with Crippen molar-refractivity contribution in [3.8, 4) is 11.5 Å². The Hall–Kier alpha value is -5.43. The number of likely N-dealkylation sites (N-methyl/N-ethyl adjacent to an activating group) is 1. The van der Waals surface area contributed by atoms with E-state index in [4.69, 9.17) is 9.47 Å². The molecule has 13 heteroatoms. The fourth-order valence-electron chi connectivity index (χ4n) is 5.20. The quantitative estimate of drug-likeness (QED) is 0.190. The molecule has 1 N–H and O–H groups in total. The van der Waals surface area contributed by atoms with E-state index in [1.165, 1.54) is 25.3 Å². The Morgan fingerprint density at radius 3 is 2.45 bits per heavy atom. The number of nitrogens with zero attached hydrogens (tertiary/aromatic N) is 6. The van der Waals surface area contributed by atoms with E-state index in [1.807, 2.05) is 37.2 Å². The number of allylic oxidation sites excluding steroid dienone is 1. The molecule has 1 aliphatic rings. The number of ketones is 1. The van der Waals surface area contributed by atoms with Gasteiger partial charge in [-0.2, -0.15) is 4.98 Å². The molecule has 1 unspecified atom stereocenters. The van der Waals surface area contributed by atoms with Crippen molar-refractivity contribution < 1.29 is 27.8 Å². The lowest BCUT2D eigenvalue weighted by Crippen LogP contribution is -2.49. The summed E-state index contributed by atoms with van der Waals surface area (Å²) in [4.78, 5) is 44.4. The minimum Gasteiger partial charge on any atom is -0.493 e. The first-order valence-corrected chi connectivity index (χ1v) is 14.8. The first-order valence-electron chi connectivity index (χ1n) is 14.8. The number of pyridine rings is 1. The Bertz CT molecular complexity index is 1770. The molecule has 4 aromatic rings. The molecule has 244 valence electrons. The van der Waals surface area contributed by atoms with Crippen LogP contribution in [0.2, 0.25) is 0 Å². The Kier molecular flexibility index (Phi) is 10.0. The molecule has 0 saturated heterocycles. The minimum absolute atomic E-state index is 0.0697. The number of hydrogen-bond donors (Lipinski definition) is 1. The average molecular weight is 644 g/mol. The van der Waals surface area contributed by atoms with Gasteiger partial charge >= 0.3 is 6.03 Å². The summed E-state index contributed by atoms with van der Waals surface area (Å²) < 4.78 is 41.7. The number of amides is 2. The van der Waals surface area contributed by atoms with E-state index in [-0.39, 0.29) is 42.0 Å². The normalized spacial score (nSPS) is 13.6. The smallest absolute Gasteiger partial charge is 0.331 e. The molecule has 5 rings (SSSR count). The van der Waals surface area contributed by atoms with Crippen molar-refractivity contribution in [1.82, 2.24) is 19.9 Å². The van der Waals surface area contributed by atoms with Gasteiger partial charge in [0.2, 0.25) is 5.95 Å². The fraction of sp³-hybridized carbons (Fsp3) is 0.265. The van der Waals surface area contributed by atoms with Crippen LogP contribution in [0, 0.1) is 11.6 Å². The molecular weight excluding hydrogens is 608 g/mol. The highest BCUT2D eigenvalue weighted by molar-refractivity contribution is 6.06. The van der Waals surface area contributed by atoms with E-state index in [0.717, 1.165) is 16.5 Å². The third-order valence-electron chi connectivity index (χ3n) is 7.57. The van der Waals surface area contributed by atoms with Crippen molar-refractivity contribution in [2.45, 2.75) is 25.9 Å². The first kappa shape index (κ1) is 32.9. The third kappa shape index (κ3) is 7.20. The van der Waals surface area contributed by atoms with E-state index in [1.54, 1.807) is 49.7 Å². The summed E-state index contributed by atoms with van der Waals surface area (Å²) in [5.41, 5.74) is 1.91. The van der Waals surface area contributed by atoms with Gasteiger partial charge in [-0.15, -0.1) is 0 Å². The van der Waals surface area contributed by atoms with Gasteiger partial charge in [0.15, 0.2) is 28.9 Å². The van der Waals surface area contributed by atoms with Crippen LogP contribution in [-0.2, 0) is 17.8 Å². The molecule has 47 heavy (non-hydrogen) atoms. The highest BCUT2D eigenvalue weighted by Gasteiger charge is 2.40. The van der Waals surface area contributed by atoms with Crippen LogP contribution in [0.3, 0.4) is 0 Å². The zero-order chi connectivity index (χ0) is 33.7. The van der Waals surface area contributed by atoms with Crippen LogP contribution in [0.5, 0.6) is 11.5 Å². The van der Waals surface area contributed by atoms with E-state index >= 15 is 8.78 Å². The summed E-state index contributed by atoms with van der Waals surface area (Å²) in [6, 6.07) is 10.4. The summed E-state index contributed by atoms with van der Waals surface area (Å²) in [6.07, 6.45) is 8.24. The molecule has 0 bridgehead atoms. The third-order valence-corrected chi connectivity index (χ3v) is 7.57. The van der Waals surface area contributed by atoms with E-state index in [0.29, 0.717) is 23.4 Å². The minimum atomic E-state index is -1.06. The molecule has 3 heterocycles. The van der Waals surface area contributed by atoms with Crippen molar-refractivity contribution in [3.05, 3.63) is 102 Å². The lowest BCUT2D eigenvalue weighted by Gasteiger charge is -2.39. The molecule has 0 saturated carbocycles. The zero-order valence-corrected chi connectivity index (χ0v) is 26.7. The van der Waals surface area contributed by atoms with E-state index < -0.39 is 29.4 Å². The standard InChI is InChI=1S/C34H35F2N7O4/c1-21(23-9-6-8-22(16-23)17-26(44)10-7-15-41(2)3)43-32-24(19-38-33(40-32)39-25-11-13-37-14-12-25)20-42(34(43)45)31-29(35)27(46-4)18-28(47-5)30(31)36/h6-14,16,18-19,21H,15,17,20H2,1-5H3,(H,37,38,39,40)/b10-7+. The number of fused-ring (bicyclic) bond motifs is 1. The number of urea groups is 1. The van der Waals surface area contributed by atoms with Gasteiger partial charge in [-0.25, -0.2) is 18.6 Å². The van der Waals surface area contributed by atoms with Crippen LogP contribution >= 0.6 is 0 Å². The second-order valence-electron chi connectivity index (χ2n) is 11.1. The van der Waals surface area contributed by atoms with Gasteiger partial charge in [0.05, 0.1) is 26.8 Å². The summed E-state index contributed by atoms with van der Waals surface area (Å²) in [5.74, 6) is -2.31. The van der Waals surface area contributed by atoms with Gasteiger partial charge in [0, 0.05) is 48.9 Å². The molecule has 1 atom stereocenters. The van der Waals surface area contributed by atoms with Crippen LogP contribution in [0.1, 0.15) is 29.7 Å². The number of methoxy groups -OCH3 is 2. The Labute approximate surface area is 271 Å². The molecule has 2 aromatic heterocycles. The van der Waals surface area contributed by atoms with Gasteiger partial charge in [0.1, 0.15) is 11.5 Å². The van der Waals surface area contributed by atoms with E-state index in [9.17, 15) is 9.59 Å². The number of ether oxygens (including phenoxy) is 2. The van der Waals surface area contributed by atoms with Crippen molar-refractivity contribution >= 4 is 35.0 Å². The first-order chi connectivity index (χ1) is 22.6. The predicted molar refractivity (Wildman–Crippen MR) is 174 cm³/mol. The largest absolute Gasteiger partial charge is 0.493 e. The van der Waals surface area contributed by atoms with Crippen molar-refractivity contribution in [3.63, 3.8) is 0 Å². The SMILES string of the molecule is COc1cc(OC)c(F)c(N2Cc3cnc(Nc4ccncc4)nc3N(C(C)c3cccc(CC(=O)/C=C/CN(C)C)c3)C2=O)c1F. The van der Waals surface area contributed by atoms with Crippen LogP contribution in [0.25, 0.3) is 0 Å². The zero-order valence-electron chi connectivity index (χ0n) is 26.7. The van der Waals surface area contributed by atoms with Gasteiger partial charge < -0.3 is 19.7 Å². The van der Waals surface area contributed by atoms with Gasteiger partial charge in [-0.3, -0.25) is 19.6 Å². The second-order valence-corrected chi connectivity index (χ2v) is 11.1. The number of halogens is 2. The Morgan fingerprint density at radius 2 is 1.79 bits per heavy atom. The summed E-state index contributed by atoms with van der Waals surface area (Å²) in [5, 5.41) is 3.10. The van der Waals surface area contributed by atoms with Crippen LogP contribution in [0.15, 0.2) is 73.2 Å². The Balaban J connectivity index is 1.57. The van der Waals surface area contributed by atoms with Gasteiger partial charge in [-0.1, -0.05) is 30.3 Å². The van der Waals surface area contributed by atoms with Crippen LogP contribution in [0.4, 0.5) is 36.7 Å². The monoisotopic (exact) mass is 643 g/mol. The highest BCUT2D eigenvalue weighted by atomic mass is 19.1. The highest BCUT2D eigenvalue weighted by Crippen LogP contribution is 2.42. The molecule has 0 radical (unpaired) electrons. The maximum Gasteiger partial charge on any atom is 0.331 e. The lowest BCUT2D eigenvalue weighted by atomic mass is 10.00. The molecule has 2 aromatic carbocycles. The van der Waals surface area contributed by atoms with Crippen molar-refractivity contribution in [2.24, 2.45) is 0 Å². The number of nitrogens with one attached hydrogen (secondary N) is 1. The number of benzene rings is 2. The molecule has 11 nitrogen and oxygen atoms in total. The summed E-state index contributed by atoms with van der Waals surface area (Å²) >= 11 is 0. The molecule has 0 aliphatic carbocycles. The maximum atomic E-state index is 15.7. The predicted octanol–water partition coefficient (Wildman–Crippen LogP) is 5.85. The number of hydrogen-bond acceptors (Lipinski definition) is 9. The summed E-state index contributed by atoms with van der Waals surface area (Å²) in [6.45, 7) is 2.18. The van der Waals surface area contributed by atoms with Gasteiger partial charge in [-0.05, 0) is 50.4 Å². The number of aromatic nitrogens is 3. The molecule has 0 spiro atoms. The number of carbonyl (C=O) groups excluding carboxylic acids is 2. The lowest BCUT2D eigenvalue weighted by molar-refractivity contribution is -0.114. The van der Waals surface area contributed by atoms with Crippen LogP contribution in [-0.4, -0.2) is 66.5 Å². The number of rotatable bonds is 12. The average Bonchev–Trinajstić information content (AvgIpc) is 3.05. The second kappa shape index (κ2) is 14.3. The van der Waals surface area contributed by atoms with Crippen LogP contribution < -0.4 is 24.6 Å². The maximum absolute atomic E-state index is 15.7. The fourth-order valence-corrected chi connectivity index (χ4v) is 5.20. The molecular formula is C34H35F2N7O4. The topological polar surface area (TPSA) is 113 Å². The summed E-state index contributed by atoms with van der Waals surface area (Å²) in [7, 11) is 6.30. The van der Waals surface area contributed by atoms with E-state index in [2.05, 4.69) is 20.3 Å². The number of anilines is 4. The van der Waals surface area contributed by atoms with Crippen molar-refractivity contribution in [1.29, 1.82) is 0 Å². The molecule has 0 fully saturated rings. The molecule has 1 aliphatic heterocycles. The van der Waals surface area contributed by atoms with Crippen molar-refractivity contribution in [2.75, 3.05) is 50.0 Å². The van der Waals surface area contributed by atoms with Gasteiger partial charge in [0.25, 0.3) is 0 Å².